The van der Waals surface area contributed by atoms with Crippen LogP contribution >= 0.6 is 0 Å². The van der Waals surface area contributed by atoms with Gasteiger partial charge in [0.2, 0.25) is 6.79 Å². The Morgan fingerprint density at radius 2 is 1.62 bits per heavy atom. The van der Waals surface area contributed by atoms with Crippen LogP contribution in [0.15, 0.2) is 66.7 Å². The fourth-order valence-corrected chi connectivity index (χ4v) is 4.20. The van der Waals surface area contributed by atoms with Crippen molar-refractivity contribution in [2.75, 3.05) is 37.9 Å². The lowest BCUT2D eigenvalue weighted by molar-refractivity contribution is 0.0740. The highest BCUT2D eigenvalue weighted by Gasteiger charge is 2.24. The maximum absolute atomic E-state index is 13.0. The van der Waals surface area contributed by atoms with Crippen LogP contribution in [0.3, 0.4) is 0 Å². The van der Waals surface area contributed by atoms with Gasteiger partial charge in [0.15, 0.2) is 17.3 Å². The van der Waals surface area contributed by atoms with Crippen molar-refractivity contribution in [1.29, 1.82) is 0 Å². The van der Waals surface area contributed by atoms with Crippen molar-refractivity contribution < 1.29 is 14.3 Å². The molecule has 4 aromatic rings. The Bertz CT molecular complexity index is 1310. The third kappa shape index (κ3) is 3.81. The fourth-order valence-electron chi connectivity index (χ4n) is 4.20. The first-order valence-corrected chi connectivity index (χ1v) is 11.1. The van der Waals surface area contributed by atoms with Crippen molar-refractivity contribution in [2.24, 2.45) is 0 Å². The Morgan fingerprint density at radius 1 is 0.794 bits per heavy atom. The number of amides is 1. The molecule has 2 aliphatic heterocycles. The smallest absolute Gasteiger partial charge is 0.272 e. The summed E-state index contributed by atoms with van der Waals surface area (Å²) >= 11 is 0. The molecule has 0 unspecified atom stereocenters. The third-order valence-electron chi connectivity index (χ3n) is 6.09. The zero-order valence-corrected chi connectivity index (χ0v) is 18.3. The number of hydrogen-bond acceptors (Lipinski definition) is 7. The van der Waals surface area contributed by atoms with E-state index in [0.717, 1.165) is 39.8 Å². The average molecular weight is 454 g/mol. The number of H-pyrrole nitrogens is 1. The number of carbonyl (C=O) groups excluding carboxylic acids is 1. The molecule has 0 radical (unpaired) electrons. The molecule has 34 heavy (non-hydrogen) atoms. The minimum Gasteiger partial charge on any atom is -0.454 e. The Morgan fingerprint density at radius 3 is 2.41 bits per heavy atom. The first-order valence-electron chi connectivity index (χ1n) is 11.1. The van der Waals surface area contributed by atoms with Crippen molar-refractivity contribution in [3.8, 4) is 34.0 Å². The van der Waals surface area contributed by atoms with Gasteiger partial charge in [0.05, 0.1) is 11.4 Å². The number of hydrogen-bond donors (Lipinski definition) is 1. The van der Waals surface area contributed by atoms with E-state index in [9.17, 15) is 4.79 Å². The number of piperazine rings is 1. The van der Waals surface area contributed by atoms with E-state index in [0.29, 0.717) is 31.9 Å². The highest BCUT2D eigenvalue weighted by atomic mass is 16.7. The summed E-state index contributed by atoms with van der Waals surface area (Å²) in [5, 5.41) is 16.0. The largest absolute Gasteiger partial charge is 0.454 e. The molecule has 2 aromatic heterocycles. The van der Waals surface area contributed by atoms with Gasteiger partial charge >= 0.3 is 0 Å². The van der Waals surface area contributed by atoms with Gasteiger partial charge in [0.1, 0.15) is 5.69 Å². The van der Waals surface area contributed by atoms with E-state index < -0.39 is 0 Å². The number of nitrogens with one attached hydrogen (secondary N) is 1. The van der Waals surface area contributed by atoms with E-state index in [2.05, 4.69) is 25.3 Å². The summed E-state index contributed by atoms with van der Waals surface area (Å²) in [6, 6.07) is 21.3. The molecule has 2 aromatic carbocycles. The van der Waals surface area contributed by atoms with Gasteiger partial charge < -0.3 is 19.3 Å². The summed E-state index contributed by atoms with van der Waals surface area (Å²) in [6.45, 7) is 2.81. The molecule has 0 atom stereocenters. The number of benzene rings is 2. The summed E-state index contributed by atoms with van der Waals surface area (Å²) in [5.74, 6) is 2.22. The topological polar surface area (TPSA) is 96.5 Å². The Kier molecular flexibility index (Phi) is 5.06. The van der Waals surface area contributed by atoms with Crippen LogP contribution in [0.1, 0.15) is 10.5 Å². The van der Waals surface area contributed by atoms with Crippen LogP contribution in [0.5, 0.6) is 11.5 Å². The van der Waals surface area contributed by atoms with Gasteiger partial charge in [-0.05, 0) is 36.4 Å². The van der Waals surface area contributed by atoms with Gasteiger partial charge in [-0.15, -0.1) is 10.2 Å². The van der Waals surface area contributed by atoms with Gasteiger partial charge in [-0.2, -0.15) is 5.10 Å². The van der Waals surface area contributed by atoms with Crippen molar-refractivity contribution in [3.63, 3.8) is 0 Å². The summed E-state index contributed by atoms with van der Waals surface area (Å²) < 4.78 is 10.8. The van der Waals surface area contributed by atoms with E-state index in [1.54, 1.807) is 0 Å². The van der Waals surface area contributed by atoms with E-state index in [1.807, 2.05) is 71.6 Å². The van der Waals surface area contributed by atoms with Crippen molar-refractivity contribution in [2.45, 2.75) is 0 Å². The molecule has 6 rings (SSSR count). The fraction of sp³-hybridized carbons (Fsp3) is 0.200. The summed E-state index contributed by atoms with van der Waals surface area (Å²) in [4.78, 5) is 16.9. The second kappa shape index (κ2) is 8.51. The van der Waals surface area contributed by atoms with Crippen LogP contribution in [0.25, 0.3) is 22.5 Å². The molecular formula is C25H22N6O3. The second-order valence-electron chi connectivity index (χ2n) is 8.16. The molecule has 0 aliphatic carbocycles. The van der Waals surface area contributed by atoms with Gasteiger partial charge in [-0.1, -0.05) is 30.3 Å². The normalized spacial score (nSPS) is 14.9. The standard InChI is InChI=1S/C25H22N6O3/c32-25(21-15-20(27-28-21)17-4-2-1-3-5-17)31-12-10-30(11-13-31)24-9-7-19(26-29-24)18-6-8-22-23(14-18)34-16-33-22/h1-9,14-15H,10-13,16H2,(H,27,28). The van der Waals surface area contributed by atoms with Gasteiger partial charge in [-0.3, -0.25) is 9.89 Å². The molecule has 4 heterocycles. The van der Waals surface area contributed by atoms with Gasteiger partial charge in [-0.25, -0.2) is 0 Å². The molecule has 2 aliphatic rings. The lowest BCUT2D eigenvalue weighted by atomic mass is 10.1. The first-order chi connectivity index (χ1) is 16.7. The molecule has 1 fully saturated rings. The van der Waals surface area contributed by atoms with Crippen molar-refractivity contribution in [1.82, 2.24) is 25.3 Å². The van der Waals surface area contributed by atoms with E-state index >= 15 is 0 Å². The predicted molar refractivity (Wildman–Crippen MR) is 126 cm³/mol. The second-order valence-corrected chi connectivity index (χ2v) is 8.16. The van der Waals surface area contributed by atoms with Crippen molar-refractivity contribution >= 4 is 11.7 Å². The molecule has 1 N–H and O–H groups in total. The van der Waals surface area contributed by atoms with Gasteiger partial charge in [0, 0.05) is 37.3 Å². The quantitative estimate of drug-likeness (QED) is 0.506. The highest BCUT2D eigenvalue weighted by Crippen LogP contribution is 2.35. The first kappa shape index (κ1) is 20.2. The summed E-state index contributed by atoms with van der Waals surface area (Å²) in [5.41, 5.74) is 3.93. The maximum Gasteiger partial charge on any atom is 0.272 e. The Balaban J connectivity index is 1.09. The maximum atomic E-state index is 13.0. The van der Waals surface area contributed by atoms with Crippen LogP contribution in [0.2, 0.25) is 0 Å². The molecule has 0 bridgehead atoms. The van der Waals surface area contributed by atoms with Crippen LogP contribution in [-0.4, -0.2) is 64.2 Å². The number of nitrogens with zero attached hydrogens (tertiary/aromatic N) is 5. The predicted octanol–water partition coefficient (Wildman–Crippen LogP) is 3.22. The van der Waals surface area contributed by atoms with Crippen LogP contribution < -0.4 is 14.4 Å². The molecular weight excluding hydrogens is 432 g/mol. The zero-order valence-electron chi connectivity index (χ0n) is 18.3. The molecule has 9 nitrogen and oxygen atoms in total. The Hall–Kier alpha value is -4.40. The lowest BCUT2D eigenvalue weighted by Crippen LogP contribution is -2.49. The lowest BCUT2D eigenvalue weighted by Gasteiger charge is -2.34. The van der Waals surface area contributed by atoms with Crippen molar-refractivity contribution in [3.05, 3.63) is 72.4 Å². The summed E-state index contributed by atoms with van der Waals surface area (Å²) in [7, 11) is 0. The molecule has 0 spiro atoms. The average Bonchev–Trinajstić information content (AvgIpc) is 3.59. The van der Waals surface area contributed by atoms with E-state index in [-0.39, 0.29) is 12.7 Å². The minimum absolute atomic E-state index is 0.0430. The van der Waals surface area contributed by atoms with Crippen LogP contribution in [0, 0.1) is 0 Å². The highest BCUT2D eigenvalue weighted by molar-refractivity contribution is 5.93. The SMILES string of the molecule is O=C(c1cc(-c2ccccc2)n[nH]1)N1CCN(c2ccc(-c3ccc4c(c3)OCO4)nn2)CC1. The molecule has 1 saturated heterocycles. The molecule has 1 amide bonds. The number of ether oxygens (including phenoxy) is 2. The number of fused-ring (bicyclic) bond motifs is 1. The number of aromatic nitrogens is 4. The van der Waals surface area contributed by atoms with Crippen LogP contribution in [0.4, 0.5) is 5.82 Å². The monoisotopic (exact) mass is 454 g/mol. The Labute approximate surface area is 195 Å². The van der Waals surface area contributed by atoms with Gasteiger partial charge in [0.25, 0.3) is 5.91 Å². The van der Waals surface area contributed by atoms with E-state index in [1.165, 1.54) is 0 Å². The number of aromatic amines is 1. The molecule has 9 heteroatoms. The number of carbonyl (C=O) groups is 1. The molecule has 170 valence electrons. The number of anilines is 1. The van der Waals surface area contributed by atoms with E-state index in [4.69, 9.17) is 9.47 Å². The minimum atomic E-state index is -0.0430. The summed E-state index contributed by atoms with van der Waals surface area (Å²) in [6.07, 6.45) is 0. The zero-order chi connectivity index (χ0) is 22.9. The number of rotatable bonds is 4. The van der Waals surface area contributed by atoms with Crippen LogP contribution in [-0.2, 0) is 0 Å². The molecule has 0 saturated carbocycles. The third-order valence-corrected chi connectivity index (χ3v) is 6.09.